The summed E-state index contributed by atoms with van der Waals surface area (Å²) in [6.07, 6.45) is 2.51. The Balaban J connectivity index is 1.47. The highest BCUT2D eigenvalue weighted by Gasteiger charge is 2.32. The van der Waals surface area contributed by atoms with Crippen LogP contribution in [0.15, 0.2) is 54.6 Å². The number of carbonyl (C=O) groups excluding carboxylic acids is 2. The molecule has 2 amide bonds. The van der Waals surface area contributed by atoms with E-state index in [0.717, 1.165) is 36.2 Å². The summed E-state index contributed by atoms with van der Waals surface area (Å²) in [6, 6.07) is 16.6. The molecule has 32 heavy (non-hydrogen) atoms. The van der Waals surface area contributed by atoms with Crippen LogP contribution in [0.3, 0.4) is 0 Å². The van der Waals surface area contributed by atoms with Crippen molar-refractivity contribution in [3.63, 3.8) is 0 Å². The van der Waals surface area contributed by atoms with Crippen LogP contribution in [-0.4, -0.2) is 56.3 Å². The minimum absolute atomic E-state index is 0.0650. The van der Waals surface area contributed by atoms with E-state index in [4.69, 9.17) is 0 Å². The van der Waals surface area contributed by atoms with Crippen molar-refractivity contribution in [1.82, 2.24) is 10.2 Å². The molecule has 0 aromatic heterocycles. The number of anilines is 1. The number of nitrogens with zero attached hydrogens (tertiary/aromatic N) is 2. The number of piperidine rings is 1. The first-order valence-corrected chi connectivity index (χ1v) is 12.9. The molecule has 7 nitrogen and oxygen atoms in total. The fraction of sp³-hybridized carbons (Fsp3) is 0.417. The van der Waals surface area contributed by atoms with Crippen molar-refractivity contribution in [2.75, 3.05) is 36.0 Å². The molecule has 4 rings (SSSR count). The molecule has 0 saturated carbocycles. The molecule has 0 aliphatic carbocycles. The van der Waals surface area contributed by atoms with Gasteiger partial charge in [-0.25, -0.2) is 8.42 Å². The first-order chi connectivity index (χ1) is 15.4. The normalized spacial score (nSPS) is 20.0. The second-order valence-electron chi connectivity index (χ2n) is 8.39. The molecule has 2 aliphatic rings. The maximum atomic E-state index is 13.2. The standard InChI is InChI=1S/C24H29N3O4S/c28-22-11-4-5-12-27(22)21-10-6-7-19(17-21)18-25-24(29)23(20-8-2-1-3-9-20)26-13-15-32(30,31)16-14-26/h1-3,6-10,17,23H,4-5,11-16,18H2,(H,25,29). The fourth-order valence-electron chi connectivity index (χ4n) is 4.35. The zero-order valence-corrected chi connectivity index (χ0v) is 18.9. The molecule has 2 heterocycles. The average molecular weight is 456 g/mol. The molecule has 2 aromatic carbocycles. The van der Waals surface area contributed by atoms with Crippen LogP contribution < -0.4 is 10.2 Å². The fourth-order valence-corrected chi connectivity index (χ4v) is 5.58. The van der Waals surface area contributed by atoms with Crippen LogP contribution in [0.25, 0.3) is 0 Å². The number of carbonyl (C=O) groups is 2. The number of sulfone groups is 1. The first-order valence-electron chi connectivity index (χ1n) is 11.1. The molecular weight excluding hydrogens is 426 g/mol. The van der Waals surface area contributed by atoms with Gasteiger partial charge in [0.2, 0.25) is 11.8 Å². The Morgan fingerprint density at radius 2 is 1.72 bits per heavy atom. The van der Waals surface area contributed by atoms with Crippen LogP contribution in [-0.2, 0) is 26.0 Å². The molecule has 2 fully saturated rings. The monoisotopic (exact) mass is 455 g/mol. The summed E-state index contributed by atoms with van der Waals surface area (Å²) >= 11 is 0. The maximum Gasteiger partial charge on any atom is 0.242 e. The lowest BCUT2D eigenvalue weighted by atomic mass is 10.0. The van der Waals surface area contributed by atoms with Crippen LogP contribution in [0.1, 0.15) is 36.4 Å². The van der Waals surface area contributed by atoms with Gasteiger partial charge in [0.1, 0.15) is 6.04 Å². The molecule has 1 atom stereocenters. The van der Waals surface area contributed by atoms with Crippen LogP contribution in [0.2, 0.25) is 0 Å². The number of hydrogen-bond acceptors (Lipinski definition) is 5. The van der Waals surface area contributed by atoms with Crippen LogP contribution in [0.5, 0.6) is 0 Å². The van der Waals surface area contributed by atoms with E-state index in [1.807, 2.05) is 64.4 Å². The van der Waals surface area contributed by atoms with Gasteiger partial charge in [-0.1, -0.05) is 42.5 Å². The topological polar surface area (TPSA) is 86.8 Å². The van der Waals surface area contributed by atoms with Gasteiger partial charge in [-0.2, -0.15) is 0 Å². The summed E-state index contributed by atoms with van der Waals surface area (Å²) in [5, 5.41) is 3.02. The minimum Gasteiger partial charge on any atom is -0.350 e. The smallest absolute Gasteiger partial charge is 0.242 e. The van der Waals surface area contributed by atoms with E-state index in [1.54, 1.807) is 0 Å². The second-order valence-corrected chi connectivity index (χ2v) is 10.7. The van der Waals surface area contributed by atoms with Gasteiger partial charge in [-0.05, 0) is 36.1 Å². The van der Waals surface area contributed by atoms with E-state index in [9.17, 15) is 18.0 Å². The van der Waals surface area contributed by atoms with Crippen molar-refractivity contribution in [2.24, 2.45) is 0 Å². The van der Waals surface area contributed by atoms with Crippen LogP contribution >= 0.6 is 0 Å². The van der Waals surface area contributed by atoms with Gasteiger partial charge in [0, 0.05) is 38.3 Å². The number of amides is 2. The molecule has 1 unspecified atom stereocenters. The van der Waals surface area contributed by atoms with Gasteiger partial charge in [0.05, 0.1) is 11.5 Å². The third-order valence-electron chi connectivity index (χ3n) is 6.12. The summed E-state index contributed by atoms with van der Waals surface area (Å²) in [5.41, 5.74) is 2.63. The Labute approximate surface area is 189 Å². The lowest BCUT2D eigenvalue weighted by molar-refractivity contribution is -0.127. The third kappa shape index (κ3) is 5.37. The highest BCUT2D eigenvalue weighted by molar-refractivity contribution is 7.91. The molecule has 2 aliphatic heterocycles. The molecule has 2 saturated heterocycles. The van der Waals surface area contributed by atoms with Gasteiger partial charge in [-0.3, -0.25) is 14.5 Å². The van der Waals surface area contributed by atoms with Gasteiger partial charge in [0.25, 0.3) is 0 Å². The molecule has 170 valence electrons. The molecule has 2 aromatic rings. The Bertz CT molecular complexity index is 1060. The molecule has 0 spiro atoms. The van der Waals surface area contributed by atoms with Crippen molar-refractivity contribution >= 4 is 27.3 Å². The van der Waals surface area contributed by atoms with Crippen molar-refractivity contribution in [1.29, 1.82) is 0 Å². The van der Waals surface area contributed by atoms with E-state index < -0.39 is 15.9 Å². The Morgan fingerprint density at radius 1 is 0.969 bits per heavy atom. The predicted octanol–water partition coefficient (Wildman–Crippen LogP) is 2.29. The number of hydrogen-bond donors (Lipinski definition) is 1. The first kappa shape index (κ1) is 22.5. The zero-order valence-electron chi connectivity index (χ0n) is 18.1. The Morgan fingerprint density at radius 3 is 2.44 bits per heavy atom. The van der Waals surface area contributed by atoms with Gasteiger partial charge < -0.3 is 10.2 Å². The second kappa shape index (κ2) is 9.83. The molecule has 8 heteroatoms. The number of rotatable bonds is 6. The largest absolute Gasteiger partial charge is 0.350 e. The van der Waals surface area contributed by atoms with Crippen molar-refractivity contribution in [2.45, 2.75) is 31.8 Å². The van der Waals surface area contributed by atoms with E-state index in [2.05, 4.69) is 5.32 Å². The summed E-state index contributed by atoms with van der Waals surface area (Å²) in [7, 11) is -3.04. The van der Waals surface area contributed by atoms with Gasteiger partial charge in [0.15, 0.2) is 9.84 Å². The third-order valence-corrected chi connectivity index (χ3v) is 7.73. The summed E-state index contributed by atoms with van der Waals surface area (Å²) in [4.78, 5) is 29.3. The van der Waals surface area contributed by atoms with Crippen molar-refractivity contribution in [3.8, 4) is 0 Å². The van der Waals surface area contributed by atoms with E-state index in [0.29, 0.717) is 26.1 Å². The highest BCUT2D eigenvalue weighted by Crippen LogP contribution is 2.24. The van der Waals surface area contributed by atoms with E-state index >= 15 is 0 Å². The van der Waals surface area contributed by atoms with E-state index in [1.165, 1.54) is 0 Å². The molecule has 0 radical (unpaired) electrons. The lowest BCUT2D eigenvalue weighted by Gasteiger charge is -2.33. The highest BCUT2D eigenvalue weighted by atomic mass is 32.2. The predicted molar refractivity (Wildman–Crippen MR) is 124 cm³/mol. The molecular formula is C24H29N3O4S. The summed E-state index contributed by atoms with van der Waals surface area (Å²) in [6.45, 7) is 1.73. The van der Waals surface area contributed by atoms with Crippen molar-refractivity contribution in [3.05, 3.63) is 65.7 Å². The average Bonchev–Trinajstić information content (AvgIpc) is 2.80. The Kier molecular flexibility index (Phi) is 6.91. The maximum absolute atomic E-state index is 13.2. The SMILES string of the molecule is O=C(NCc1cccc(N2CCCCC2=O)c1)C(c1ccccc1)N1CCS(=O)(=O)CC1. The molecule has 1 N–H and O–H groups in total. The summed E-state index contributed by atoms with van der Waals surface area (Å²) < 4.78 is 23.7. The quantitative estimate of drug-likeness (QED) is 0.722. The van der Waals surface area contributed by atoms with Crippen LogP contribution in [0.4, 0.5) is 5.69 Å². The van der Waals surface area contributed by atoms with Crippen molar-refractivity contribution < 1.29 is 18.0 Å². The number of benzene rings is 2. The Hall–Kier alpha value is -2.71. The van der Waals surface area contributed by atoms with Gasteiger partial charge >= 0.3 is 0 Å². The zero-order chi connectivity index (χ0) is 22.6. The van der Waals surface area contributed by atoms with Gasteiger partial charge in [-0.15, -0.1) is 0 Å². The summed E-state index contributed by atoms with van der Waals surface area (Å²) in [5.74, 6) is 0.113. The van der Waals surface area contributed by atoms with E-state index in [-0.39, 0.29) is 23.3 Å². The van der Waals surface area contributed by atoms with Crippen LogP contribution in [0, 0.1) is 0 Å². The molecule has 0 bridgehead atoms. The lowest BCUT2D eigenvalue weighted by Crippen LogP contribution is -2.47. The minimum atomic E-state index is -3.04. The number of nitrogens with one attached hydrogen (secondary N) is 1.